The van der Waals surface area contributed by atoms with Crippen molar-refractivity contribution in [3.63, 3.8) is 0 Å². The van der Waals surface area contributed by atoms with Gasteiger partial charge >= 0.3 is 23.8 Å². The summed E-state index contributed by atoms with van der Waals surface area (Å²) in [6.07, 6.45) is 1.92. The number of hydrogen-bond acceptors (Lipinski definition) is 12. The van der Waals surface area contributed by atoms with Crippen LogP contribution in [0, 0.1) is 20.2 Å². The molecule has 0 atom stereocenters. The number of alkyl carbamates (subject to hydrolysis) is 2. The number of aromatic nitrogens is 2. The number of halogens is 1. The van der Waals surface area contributed by atoms with Crippen LogP contribution in [0.5, 0.6) is 0 Å². The third-order valence-corrected chi connectivity index (χ3v) is 5.52. The molecule has 2 aliphatic heterocycles. The fraction of sp³-hybridized carbons (Fsp3) is 0.538. The lowest BCUT2D eigenvalue weighted by molar-refractivity contribution is -0.389. The molecule has 0 bridgehead atoms. The van der Waals surface area contributed by atoms with Gasteiger partial charge in [-0.2, -0.15) is 0 Å². The average molecular weight is 625 g/mol. The van der Waals surface area contributed by atoms with Gasteiger partial charge in [-0.3, -0.25) is 0 Å². The second-order valence-corrected chi connectivity index (χ2v) is 11.9. The van der Waals surface area contributed by atoms with Crippen molar-refractivity contribution in [3.8, 4) is 0 Å². The van der Waals surface area contributed by atoms with Crippen LogP contribution in [-0.4, -0.2) is 81.5 Å². The first kappa shape index (κ1) is 34.9. The SMILES string of the molecule is CC(C)(C)OC(=O)NC1CN(c2ccnc([N+](=O)[O-])c2)C1.CC(C)(C)OC(=O)NC1CNC1.O=[N+]([O-])c1cc(Cl)ccn1. The summed E-state index contributed by atoms with van der Waals surface area (Å²) in [5.74, 6) is -0.413. The Morgan fingerprint density at radius 2 is 1.35 bits per heavy atom. The molecular formula is C26H37ClN8O8. The molecule has 4 heterocycles. The molecular weight excluding hydrogens is 588 g/mol. The molecule has 0 aliphatic carbocycles. The number of nitrogens with one attached hydrogen (secondary N) is 3. The first-order valence-corrected chi connectivity index (χ1v) is 13.6. The molecule has 2 aliphatic rings. The molecule has 0 spiro atoms. The molecule has 17 heteroatoms. The maximum Gasteiger partial charge on any atom is 0.407 e. The van der Waals surface area contributed by atoms with Crippen molar-refractivity contribution in [2.24, 2.45) is 0 Å². The topological polar surface area (TPSA) is 204 Å². The number of nitrogens with zero attached hydrogens (tertiary/aromatic N) is 5. The molecule has 43 heavy (non-hydrogen) atoms. The third-order valence-electron chi connectivity index (χ3n) is 5.28. The van der Waals surface area contributed by atoms with Crippen LogP contribution in [0.1, 0.15) is 41.5 Å². The van der Waals surface area contributed by atoms with Crippen molar-refractivity contribution in [1.29, 1.82) is 0 Å². The maximum absolute atomic E-state index is 11.6. The maximum atomic E-state index is 11.6. The van der Waals surface area contributed by atoms with Crippen molar-refractivity contribution in [2.75, 3.05) is 31.1 Å². The fourth-order valence-electron chi connectivity index (χ4n) is 3.32. The van der Waals surface area contributed by atoms with Crippen LogP contribution < -0.4 is 20.9 Å². The number of pyridine rings is 2. The van der Waals surface area contributed by atoms with Gasteiger partial charge in [-0.1, -0.05) is 11.6 Å². The summed E-state index contributed by atoms with van der Waals surface area (Å²) in [5, 5.41) is 29.6. The summed E-state index contributed by atoms with van der Waals surface area (Å²) in [6.45, 7) is 13.8. The molecule has 16 nitrogen and oxygen atoms in total. The molecule has 2 fully saturated rings. The number of rotatable bonds is 5. The summed E-state index contributed by atoms with van der Waals surface area (Å²) < 4.78 is 10.2. The van der Waals surface area contributed by atoms with Crippen LogP contribution >= 0.6 is 11.6 Å². The summed E-state index contributed by atoms with van der Waals surface area (Å²) >= 11 is 5.44. The van der Waals surface area contributed by atoms with Crippen molar-refractivity contribution in [2.45, 2.75) is 64.8 Å². The standard InChI is InChI=1S/C13H18N4O4.C8H16N2O2.C5H3ClN2O2/c1-13(2,3)21-12(18)15-9-7-16(8-9)10-4-5-14-11(6-10)17(19)20;1-8(2,3)12-7(11)10-6-4-9-5-6;6-4-1-2-7-5(3-4)8(9)10/h4-6,9H,7-8H2,1-3H3,(H,15,18);6,9H,4-5H2,1-3H3,(H,10,11);1-3H. The van der Waals surface area contributed by atoms with Crippen molar-refractivity contribution in [3.05, 3.63) is 61.9 Å². The Morgan fingerprint density at radius 3 is 1.74 bits per heavy atom. The minimum Gasteiger partial charge on any atom is -0.444 e. The van der Waals surface area contributed by atoms with Gasteiger partial charge < -0.3 is 50.6 Å². The Bertz CT molecular complexity index is 1270. The molecule has 2 saturated heterocycles. The lowest BCUT2D eigenvalue weighted by Crippen LogP contribution is -2.60. The molecule has 3 N–H and O–H groups in total. The highest BCUT2D eigenvalue weighted by molar-refractivity contribution is 6.30. The monoisotopic (exact) mass is 624 g/mol. The van der Waals surface area contributed by atoms with Crippen LogP contribution in [0.25, 0.3) is 0 Å². The number of ether oxygens (including phenoxy) is 2. The summed E-state index contributed by atoms with van der Waals surface area (Å²) in [4.78, 5) is 51.3. The molecule has 4 rings (SSSR count). The molecule has 2 amide bonds. The second kappa shape index (κ2) is 15.2. The normalized spacial score (nSPS) is 14.7. The van der Waals surface area contributed by atoms with Crippen molar-refractivity contribution in [1.82, 2.24) is 25.9 Å². The Kier molecular flexibility index (Phi) is 12.4. The summed E-state index contributed by atoms with van der Waals surface area (Å²) in [7, 11) is 0. The van der Waals surface area contributed by atoms with Crippen LogP contribution in [0.3, 0.4) is 0 Å². The zero-order valence-corrected chi connectivity index (χ0v) is 25.6. The molecule has 0 unspecified atom stereocenters. The Balaban J connectivity index is 0.000000248. The third kappa shape index (κ3) is 13.5. The lowest BCUT2D eigenvalue weighted by Gasteiger charge is -2.41. The summed E-state index contributed by atoms with van der Waals surface area (Å²) in [5.41, 5.74) is -0.209. The van der Waals surface area contributed by atoms with E-state index in [2.05, 4.69) is 25.9 Å². The molecule has 0 radical (unpaired) electrons. The highest BCUT2D eigenvalue weighted by Crippen LogP contribution is 2.23. The predicted octanol–water partition coefficient (Wildman–Crippen LogP) is 3.83. The number of carbonyl (C=O) groups excluding carboxylic acids is 2. The van der Waals surface area contributed by atoms with Crippen LogP contribution in [0.15, 0.2) is 36.7 Å². The zero-order chi connectivity index (χ0) is 32.4. The van der Waals surface area contributed by atoms with Crippen LogP contribution in [0.2, 0.25) is 5.02 Å². The van der Waals surface area contributed by atoms with Gasteiger partial charge in [-0.15, -0.1) is 0 Å². The summed E-state index contributed by atoms with van der Waals surface area (Å²) in [6, 6.07) is 6.03. The second-order valence-electron chi connectivity index (χ2n) is 11.5. The number of carbonyl (C=O) groups is 2. The fourth-order valence-corrected chi connectivity index (χ4v) is 3.47. The highest BCUT2D eigenvalue weighted by Gasteiger charge is 2.30. The number of amides is 2. The Morgan fingerprint density at radius 1 is 0.884 bits per heavy atom. The number of nitro groups is 2. The van der Waals surface area contributed by atoms with E-state index in [0.29, 0.717) is 18.1 Å². The van der Waals surface area contributed by atoms with Gasteiger partial charge in [0.25, 0.3) is 0 Å². The van der Waals surface area contributed by atoms with E-state index in [0.717, 1.165) is 18.8 Å². The highest BCUT2D eigenvalue weighted by atomic mass is 35.5. The molecule has 2 aromatic rings. The van der Waals surface area contributed by atoms with Crippen molar-refractivity contribution >= 4 is 41.1 Å². The minimum absolute atomic E-state index is 0.0212. The molecule has 0 aromatic carbocycles. The van der Waals surface area contributed by atoms with E-state index < -0.39 is 27.1 Å². The van der Waals surface area contributed by atoms with Gasteiger partial charge in [0.1, 0.15) is 23.6 Å². The molecule has 236 valence electrons. The van der Waals surface area contributed by atoms with E-state index in [1.165, 1.54) is 30.6 Å². The largest absolute Gasteiger partial charge is 0.444 e. The quantitative estimate of drug-likeness (QED) is 0.321. The first-order valence-electron chi connectivity index (χ1n) is 13.2. The van der Waals surface area contributed by atoms with Crippen molar-refractivity contribution < 1.29 is 28.9 Å². The zero-order valence-electron chi connectivity index (χ0n) is 24.8. The Labute approximate surface area is 253 Å². The van der Waals surface area contributed by atoms with Gasteiger partial charge in [0, 0.05) is 44.0 Å². The minimum atomic E-state index is -0.591. The van der Waals surface area contributed by atoms with E-state index in [1.54, 1.807) is 26.8 Å². The van der Waals surface area contributed by atoms with Gasteiger partial charge in [-0.25, -0.2) is 9.59 Å². The van der Waals surface area contributed by atoms with Gasteiger partial charge in [-0.05, 0) is 61.4 Å². The predicted molar refractivity (Wildman–Crippen MR) is 158 cm³/mol. The van der Waals surface area contributed by atoms with Crippen LogP contribution in [0.4, 0.5) is 26.9 Å². The van der Waals surface area contributed by atoms with E-state index in [-0.39, 0.29) is 29.8 Å². The van der Waals surface area contributed by atoms with E-state index in [4.69, 9.17) is 21.1 Å². The first-order chi connectivity index (χ1) is 19.9. The molecule has 2 aromatic heterocycles. The van der Waals surface area contributed by atoms with Crippen LogP contribution in [-0.2, 0) is 9.47 Å². The van der Waals surface area contributed by atoms with Gasteiger partial charge in [0.05, 0.1) is 29.2 Å². The van der Waals surface area contributed by atoms with Gasteiger partial charge in [0.2, 0.25) is 0 Å². The van der Waals surface area contributed by atoms with E-state index >= 15 is 0 Å². The van der Waals surface area contributed by atoms with E-state index in [9.17, 15) is 29.8 Å². The lowest BCUT2D eigenvalue weighted by atomic mass is 10.1. The smallest absolute Gasteiger partial charge is 0.407 e. The van der Waals surface area contributed by atoms with Gasteiger partial charge in [0.15, 0.2) is 0 Å². The Hall–Kier alpha value is -4.31. The average Bonchev–Trinajstić information content (AvgIpc) is 2.82. The van der Waals surface area contributed by atoms with E-state index in [1.807, 2.05) is 25.7 Å². The number of hydrogen-bond donors (Lipinski definition) is 3. The molecule has 0 saturated carbocycles. The number of anilines is 1.